The summed E-state index contributed by atoms with van der Waals surface area (Å²) in [5, 5.41) is 3.34. The number of halogens is 1. The summed E-state index contributed by atoms with van der Waals surface area (Å²) in [7, 11) is 0. The molecule has 1 unspecified atom stereocenters. The molecule has 1 saturated heterocycles. The number of nitrogens with one attached hydrogen (secondary N) is 1. The normalized spacial score (nSPS) is 20.6. The predicted octanol–water partition coefficient (Wildman–Crippen LogP) is 1.77. The Balaban J connectivity index is 1.51. The van der Waals surface area contributed by atoms with Crippen LogP contribution in [-0.2, 0) is 4.74 Å². The van der Waals surface area contributed by atoms with Crippen molar-refractivity contribution in [3.63, 3.8) is 0 Å². The maximum absolute atomic E-state index is 14.1. The van der Waals surface area contributed by atoms with Gasteiger partial charge in [0.05, 0.1) is 18.9 Å². The van der Waals surface area contributed by atoms with Gasteiger partial charge in [-0.25, -0.2) is 9.38 Å². The fourth-order valence-corrected chi connectivity index (χ4v) is 3.58. The summed E-state index contributed by atoms with van der Waals surface area (Å²) in [5.74, 6) is 1.71. The summed E-state index contributed by atoms with van der Waals surface area (Å²) < 4.78 is 30.4. The molecule has 0 bridgehead atoms. The van der Waals surface area contributed by atoms with E-state index in [0.29, 0.717) is 49.4 Å². The van der Waals surface area contributed by atoms with E-state index in [-0.39, 0.29) is 18.6 Å². The first-order valence-corrected chi connectivity index (χ1v) is 9.63. The Bertz CT molecular complexity index is 1010. The van der Waals surface area contributed by atoms with Crippen LogP contribution in [0, 0.1) is 5.82 Å². The molecule has 1 atom stereocenters. The molecule has 0 aromatic heterocycles. The molecule has 0 radical (unpaired) electrons. The van der Waals surface area contributed by atoms with Crippen LogP contribution in [0.2, 0.25) is 0 Å². The number of ether oxygens (including phenoxy) is 3. The second kappa shape index (κ2) is 7.71. The number of fused-ring (bicyclic) bond motifs is 1. The van der Waals surface area contributed by atoms with Crippen molar-refractivity contribution in [3.8, 4) is 11.5 Å². The molecular weight excluding hydrogens is 391 g/mol. The summed E-state index contributed by atoms with van der Waals surface area (Å²) >= 11 is 0. The van der Waals surface area contributed by atoms with Crippen molar-refractivity contribution in [2.24, 2.45) is 15.7 Å². The Morgan fingerprint density at radius 3 is 2.73 bits per heavy atom. The van der Waals surface area contributed by atoms with Crippen LogP contribution in [0.3, 0.4) is 0 Å². The minimum Gasteiger partial charge on any atom is -0.454 e. The molecule has 3 N–H and O–H groups in total. The molecule has 2 aromatic rings. The van der Waals surface area contributed by atoms with Gasteiger partial charge >= 0.3 is 0 Å². The van der Waals surface area contributed by atoms with E-state index in [0.717, 1.165) is 5.69 Å². The highest BCUT2D eigenvalue weighted by Gasteiger charge is 2.32. The lowest BCUT2D eigenvalue weighted by Crippen LogP contribution is -2.57. The minimum absolute atomic E-state index is 0.141. The van der Waals surface area contributed by atoms with E-state index in [2.05, 4.69) is 20.2 Å². The summed E-state index contributed by atoms with van der Waals surface area (Å²) in [5.41, 5.74) is 7.42. The Kier molecular flexibility index (Phi) is 4.75. The van der Waals surface area contributed by atoms with Crippen LogP contribution < -0.4 is 25.4 Å². The number of nitrogens with two attached hydrogens (primary N) is 1. The lowest BCUT2D eigenvalue weighted by Gasteiger charge is -2.41. The average Bonchev–Trinajstić information content (AvgIpc) is 3.22. The van der Waals surface area contributed by atoms with Gasteiger partial charge in [-0.15, -0.1) is 0 Å². The van der Waals surface area contributed by atoms with E-state index in [1.54, 1.807) is 6.07 Å². The molecule has 0 amide bonds. The van der Waals surface area contributed by atoms with Crippen molar-refractivity contribution >= 4 is 23.3 Å². The van der Waals surface area contributed by atoms with Crippen molar-refractivity contribution in [1.82, 2.24) is 4.90 Å². The van der Waals surface area contributed by atoms with Crippen LogP contribution in [0.15, 0.2) is 52.4 Å². The number of nitrogens with zero attached hydrogens (tertiary/aromatic N) is 4. The number of hydrogen-bond donors (Lipinski definition) is 2. The highest BCUT2D eigenvalue weighted by Crippen LogP contribution is 2.35. The van der Waals surface area contributed by atoms with Gasteiger partial charge in [0.15, 0.2) is 11.5 Å². The molecule has 30 heavy (non-hydrogen) atoms. The smallest absolute Gasteiger partial charge is 0.231 e. The fraction of sp³-hybridized carbons (Fsp3) is 0.300. The number of guanidine groups is 2. The first kappa shape index (κ1) is 18.5. The van der Waals surface area contributed by atoms with E-state index >= 15 is 0 Å². The average molecular weight is 412 g/mol. The zero-order valence-electron chi connectivity index (χ0n) is 16.1. The summed E-state index contributed by atoms with van der Waals surface area (Å²) in [6.07, 6.45) is -0.637. The van der Waals surface area contributed by atoms with Crippen molar-refractivity contribution < 1.29 is 18.6 Å². The van der Waals surface area contributed by atoms with Crippen molar-refractivity contribution in [3.05, 3.63) is 48.3 Å². The van der Waals surface area contributed by atoms with Gasteiger partial charge < -0.3 is 30.2 Å². The van der Waals surface area contributed by atoms with Gasteiger partial charge in [0.2, 0.25) is 25.0 Å². The second-order valence-corrected chi connectivity index (χ2v) is 6.93. The lowest BCUT2D eigenvalue weighted by atomic mass is 10.2. The van der Waals surface area contributed by atoms with Crippen molar-refractivity contribution in [1.29, 1.82) is 0 Å². The van der Waals surface area contributed by atoms with E-state index < -0.39 is 6.29 Å². The van der Waals surface area contributed by atoms with Crippen LogP contribution in [0.25, 0.3) is 0 Å². The maximum atomic E-state index is 14.1. The SMILES string of the molecule is NC1=NC(Nc2ccc3c(c2)OCO3)N(c2cccc(F)c2)C(N2CCOCC2)=N1. The zero-order chi connectivity index (χ0) is 20.5. The van der Waals surface area contributed by atoms with Crippen LogP contribution in [-0.4, -0.2) is 56.2 Å². The first-order chi connectivity index (χ1) is 14.7. The predicted molar refractivity (Wildman–Crippen MR) is 110 cm³/mol. The Morgan fingerprint density at radius 2 is 1.90 bits per heavy atom. The second-order valence-electron chi connectivity index (χ2n) is 6.93. The monoisotopic (exact) mass is 412 g/mol. The number of aliphatic imine (C=N–C) groups is 2. The summed E-state index contributed by atoms with van der Waals surface area (Å²) in [6.45, 7) is 2.64. The molecule has 9 nitrogen and oxygen atoms in total. The molecule has 10 heteroatoms. The third-order valence-corrected chi connectivity index (χ3v) is 4.98. The van der Waals surface area contributed by atoms with Gasteiger partial charge in [0, 0.05) is 24.8 Å². The molecule has 3 aliphatic rings. The number of benzene rings is 2. The van der Waals surface area contributed by atoms with E-state index in [4.69, 9.17) is 19.9 Å². The van der Waals surface area contributed by atoms with Gasteiger partial charge in [-0.1, -0.05) is 6.07 Å². The fourth-order valence-electron chi connectivity index (χ4n) is 3.58. The molecule has 1 fully saturated rings. The topological polar surface area (TPSA) is 96.9 Å². The molecule has 3 heterocycles. The molecule has 5 rings (SSSR count). The summed E-state index contributed by atoms with van der Waals surface area (Å²) in [6, 6.07) is 11.8. The number of hydrogen-bond acceptors (Lipinski definition) is 9. The third-order valence-electron chi connectivity index (χ3n) is 4.98. The van der Waals surface area contributed by atoms with Gasteiger partial charge in [0.25, 0.3) is 0 Å². The lowest BCUT2D eigenvalue weighted by molar-refractivity contribution is 0.0671. The molecular formula is C20H21FN6O3. The number of morpholine rings is 1. The molecule has 0 aliphatic carbocycles. The standard InChI is InChI=1S/C20H21FN6O3/c21-13-2-1-3-15(10-13)27-19(23-14-4-5-16-17(11-14)30-12-29-16)24-18(22)25-20(27)26-6-8-28-9-7-26/h1-5,10-11,19,23H,6-9,12H2,(H2,22,24). The third kappa shape index (κ3) is 3.57. The quantitative estimate of drug-likeness (QED) is 0.793. The molecule has 2 aromatic carbocycles. The van der Waals surface area contributed by atoms with E-state index in [1.165, 1.54) is 12.1 Å². The molecule has 156 valence electrons. The molecule has 0 spiro atoms. The highest BCUT2D eigenvalue weighted by molar-refractivity contribution is 6.06. The van der Waals surface area contributed by atoms with Crippen molar-refractivity contribution in [2.75, 3.05) is 43.3 Å². The number of rotatable bonds is 3. The van der Waals surface area contributed by atoms with Gasteiger partial charge in [-0.3, -0.25) is 4.90 Å². The largest absolute Gasteiger partial charge is 0.454 e. The van der Waals surface area contributed by atoms with Crippen LogP contribution in [0.4, 0.5) is 15.8 Å². The van der Waals surface area contributed by atoms with Crippen molar-refractivity contribution in [2.45, 2.75) is 6.29 Å². The van der Waals surface area contributed by atoms with Crippen LogP contribution in [0.1, 0.15) is 0 Å². The number of anilines is 2. The van der Waals surface area contributed by atoms with Gasteiger partial charge in [0.1, 0.15) is 5.82 Å². The summed E-state index contributed by atoms with van der Waals surface area (Å²) in [4.78, 5) is 12.8. The highest BCUT2D eigenvalue weighted by atomic mass is 19.1. The van der Waals surface area contributed by atoms with Crippen LogP contribution in [0.5, 0.6) is 11.5 Å². The van der Waals surface area contributed by atoms with Crippen LogP contribution >= 0.6 is 0 Å². The van der Waals surface area contributed by atoms with Gasteiger partial charge in [-0.05, 0) is 30.3 Å². The molecule has 0 saturated carbocycles. The Hall–Kier alpha value is -3.53. The van der Waals surface area contributed by atoms with E-state index in [1.807, 2.05) is 29.2 Å². The maximum Gasteiger partial charge on any atom is 0.231 e. The first-order valence-electron chi connectivity index (χ1n) is 9.63. The minimum atomic E-state index is -0.637. The molecule has 3 aliphatic heterocycles. The Labute approximate surface area is 172 Å². The zero-order valence-corrected chi connectivity index (χ0v) is 16.1. The van der Waals surface area contributed by atoms with Gasteiger partial charge in [-0.2, -0.15) is 4.99 Å². The van der Waals surface area contributed by atoms with E-state index in [9.17, 15) is 4.39 Å². The Morgan fingerprint density at radius 1 is 1.07 bits per heavy atom.